The van der Waals surface area contributed by atoms with E-state index in [2.05, 4.69) is 4.98 Å². The van der Waals surface area contributed by atoms with E-state index in [1.54, 1.807) is 4.90 Å². The van der Waals surface area contributed by atoms with Crippen molar-refractivity contribution in [2.75, 3.05) is 6.54 Å². The molecule has 0 radical (unpaired) electrons. The molecular formula is C21H23N3O3. The number of hydrogen-bond donors (Lipinski definition) is 1. The van der Waals surface area contributed by atoms with Crippen LogP contribution in [-0.2, 0) is 24.1 Å². The summed E-state index contributed by atoms with van der Waals surface area (Å²) in [6, 6.07) is 11.8. The van der Waals surface area contributed by atoms with Crippen LogP contribution < -0.4 is 5.56 Å². The average molecular weight is 365 g/mol. The van der Waals surface area contributed by atoms with E-state index in [-0.39, 0.29) is 17.2 Å². The predicted molar refractivity (Wildman–Crippen MR) is 101 cm³/mol. The smallest absolute Gasteiger partial charge is 0.410 e. The summed E-state index contributed by atoms with van der Waals surface area (Å²) in [4.78, 5) is 29.3. The van der Waals surface area contributed by atoms with Gasteiger partial charge in [0.25, 0.3) is 5.56 Å². The van der Waals surface area contributed by atoms with Gasteiger partial charge in [0, 0.05) is 18.7 Å². The van der Waals surface area contributed by atoms with E-state index < -0.39 is 5.60 Å². The summed E-state index contributed by atoms with van der Waals surface area (Å²) in [5.41, 5.74) is 2.58. The molecule has 140 valence electrons. The average Bonchev–Trinajstić information content (AvgIpc) is 2.61. The summed E-state index contributed by atoms with van der Waals surface area (Å²) in [5.74, 6) is 0. The number of amides is 1. The van der Waals surface area contributed by atoms with Crippen LogP contribution in [0.2, 0.25) is 0 Å². The maximum absolute atomic E-state index is 12.5. The number of aromatic amines is 1. The fourth-order valence-corrected chi connectivity index (χ4v) is 3.28. The van der Waals surface area contributed by atoms with Gasteiger partial charge in [-0.3, -0.25) is 4.79 Å². The number of aromatic nitrogens is 1. The Hall–Kier alpha value is -3.07. The first-order valence-electron chi connectivity index (χ1n) is 8.97. The third kappa shape index (κ3) is 4.20. The molecule has 2 heterocycles. The molecule has 1 N–H and O–H groups in total. The molecule has 0 fully saturated rings. The van der Waals surface area contributed by atoms with Gasteiger partial charge in [0.1, 0.15) is 17.2 Å². The zero-order valence-electron chi connectivity index (χ0n) is 15.8. The number of H-pyrrole nitrogens is 1. The molecule has 0 saturated heterocycles. The molecule has 0 spiro atoms. The summed E-state index contributed by atoms with van der Waals surface area (Å²) < 4.78 is 5.48. The summed E-state index contributed by atoms with van der Waals surface area (Å²) in [6.45, 7) is 6.22. The third-order valence-corrected chi connectivity index (χ3v) is 4.49. The van der Waals surface area contributed by atoms with Crippen LogP contribution in [0.15, 0.2) is 35.1 Å². The molecule has 27 heavy (non-hydrogen) atoms. The molecule has 1 aliphatic rings. The van der Waals surface area contributed by atoms with Gasteiger partial charge in [-0.1, -0.05) is 30.3 Å². The van der Waals surface area contributed by atoms with Gasteiger partial charge in [0.05, 0.1) is 6.54 Å². The highest BCUT2D eigenvalue weighted by Crippen LogP contribution is 2.25. The van der Waals surface area contributed by atoms with Crippen molar-refractivity contribution in [3.8, 4) is 6.07 Å². The van der Waals surface area contributed by atoms with Gasteiger partial charge in [-0.2, -0.15) is 5.26 Å². The van der Waals surface area contributed by atoms with E-state index in [0.717, 1.165) is 22.4 Å². The van der Waals surface area contributed by atoms with Gasteiger partial charge in [0.15, 0.2) is 0 Å². The Labute approximate surface area is 158 Å². The van der Waals surface area contributed by atoms with Crippen LogP contribution in [0.1, 0.15) is 48.7 Å². The zero-order chi connectivity index (χ0) is 19.6. The number of benzene rings is 1. The van der Waals surface area contributed by atoms with Crippen molar-refractivity contribution in [3.63, 3.8) is 0 Å². The second kappa shape index (κ2) is 7.28. The first kappa shape index (κ1) is 18.7. The van der Waals surface area contributed by atoms with Crippen LogP contribution in [0, 0.1) is 11.3 Å². The molecular weight excluding hydrogens is 342 g/mol. The summed E-state index contributed by atoms with van der Waals surface area (Å²) >= 11 is 0. The summed E-state index contributed by atoms with van der Waals surface area (Å²) in [6.07, 6.45) is 0.610. The highest BCUT2D eigenvalue weighted by atomic mass is 16.6. The van der Waals surface area contributed by atoms with Crippen LogP contribution in [0.4, 0.5) is 4.79 Å². The topological polar surface area (TPSA) is 86.2 Å². The van der Waals surface area contributed by atoms with Crippen molar-refractivity contribution in [1.82, 2.24) is 9.88 Å². The number of rotatable bonds is 2. The van der Waals surface area contributed by atoms with E-state index in [9.17, 15) is 14.9 Å². The van der Waals surface area contributed by atoms with E-state index >= 15 is 0 Å². The maximum Gasteiger partial charge on any atom is 0.410 e. The van der Waals surface area contributed by atoms with Crippen LogP contribution in [-0.4, -0.2) is 28.1 Å². The highest BCUT2D eigenvalue weighted by Gasteiger charge is 2.29. The fraction of sp³-hybridized carbons (Fsp3) is 0.381. The van der Waals surface area contributed by atoms with Gasteiger partial charge in [0.2, 0.25) is 0 Å². The SMILES string of the molecule is CC(C)(C)OC(=O)N1CCc2c(c(Cc3ccccc3)[nH]c(=O)c2C#N)C1. The quantitative estimate of drug-likeness (QED) is 0.886. The van der Waals surface area contributed by atoms with Gasteiger partial charge in [-0.15, -0.1) is 0 Å². The minimum atomic E-state index is -0.576. The Bertz CT molecular complexity index is 950. The lowest BCUT2D eigenvalue weighted by molar-refractivity contribution is 0.0223. The van der Waals surface area contributed by atoms with Crippen molar-refractivity contribution in [3.05, 3.63) is 68.6 Å². The molecule has 0 aliphatic carbocycles. The summed E-state index contributed by atoms with van der Waals surface area (Å²) in [5, 5.41) is 9.41. The number of carbonyl (C=O) groups is 1. The Morgan fingerprint density at radius 2 is 1.96 bits per heavy atom. The molecule has 0 atom stereocenters. The Balaban J connectivity index is 1.98. The molecule has 0 unspecified atom stereocenters. The Morgan fingerprint density at radius 1 is 1.26 bits per heavy atom. The first-order valence-corrected chi connectivity index (χ1v) is 8.97. The molecule has 0 bridgehead atoms. The summed E-state index contributed by atoms with van der Waals surface area (Å²) in [7, 11) is 0. The standard InChI is InChI=1S/C21H23N3O3/c1-21(2,3)27-20(26)24-10-9-15-16(12-22)19(25)23-18(17(15)13-24)11-14-7-5-4-6-8-14/h4-8H,9-11,13H2,1-3H3,(H,23,25). The van der Waals surface area contributed by atoms with Crippen molar-refractivity contribution in [2.45, 2.75) is 45.8 Å². The predicted octanol–water partition coefficient (Wildman–Crippen LogP) is 3.13. The van der Waals surface area contributed by atoms with Crippen LogP contribution in [0.5, 0.6) is 0 Å². The number of nitriles is 1. The number of nitrogens with one attached hydrogen (secondary N) is 1. The fourth-order valence-electron chi connectivity index (χ4n) is 3.28. The second-order valence-electron chi connectivity index (χ2n) is 7.69. The van der Waals surface area contributed by atoms with Crippen molar-refractivity contribution in [1.29, 1.82) is 5.26 Å². The molecule has 6 heteroatoms. The monoisotopic (exact) mass is 365 g/mol. The van der Waals surface area contributed by atoms with Crippen molar-refractivity contribution < 1.29 is 9.53 Å². The lowest BCUT2D eigenvalue weighted by Crippen LogP contribution is -2.41. The Kier molecular flexibility index (Phi) is 5.04. The Morgan fingerprint density at radius 3 is 2.59 bits per heavy atom. The molecule has 2 aromatic rings. The zero-order valence-corrected chi connectivity index (χ0v) is 15.8. The van der Waals surface area contributed by atoms with Gasteiger partial charge in [-0.25, -0.2) is 4.79 Å². The number of fused-ring (bicyclic) bond motifs is 1. The van der Waals surface area contributed by atoms with Crippen LogP contribution in [0.25, 0.3) is 0 Å². The first-order chi connectivity index (χ1) is 12.8. The molecule has 1 aromatic heterocycles. The molecule has 1 aromatic carbocycles. The normalized spacial score (nSPS) is 13.6. The minimum absolute atomic E-state index is 0.144. The second-order valence-corrected chi connectivity index (χ2v) is 7.69. The number of pyridine rings is 1. The number of carbonyl (C=O) groups excluding carboxylic acids is 1. The third-order valence-electron chi connectivity index (χ3n) is 4.49. The minimum Gasteiger partial charge on any atom is -0.444 e. The molecule has 3 rings (SSSR count). The van der Waals surface area contributed by atoms with E-state index in [4.69, 9.17) is 4.74 Å². The number of hydrogen-bond acceptors (Lipinski definition) is 4. The van der Waals surface area contributed by atoms with Gasteiger partial charge >= 0.3 is 6.09 Å². The molecule has 6 nitrogen and oxygen atoms in total. The lowest BCUT2D eigenvalue weighted by atomic mass is 9.92. The van der Waals surface area contributed by atoms with E-state index in [0.29, 0.717) is 25.9 Å². The molecule has 1 amide bonds. The number of nitrogens with zero attached hydrogens (tertiary/aromatic N) is 2. The van der Waals surface area contributed by atoms with E-state index in [1.807, 2.05) is 57.2 Å². The maximum atomic E-state index is 12.5. The van der Waals surface area contributed by atoms with Gasteiger partial charge < -0.3 is 14.6 Å². The van der Waals surface area contributed by atoms with E-state index in [1.165, 1.54) is 0 Å². The van der Waals surface area contributed by atoms with Crippen molar-refractivity contribution >= 4 is 6.09 Å². The van der Waals surface area contributed by atoms with Crippen molar-refractivity contribution in [2.24, 2.45) is 0 Å². The molecule has 0 saturated carbocycles. The highest BCUT2D eigenvalue weighted by molar-refractivity contribution is 5.69. The largest absolute Gasteiger partial charge is 0.444 e. The van der Waals surface area contributed by atoms with Crippen LogP contribution >= 0.6 is 0 Å². The number of ether oxygens (including phenoxy) is 1. The molecule has 1 aliphatic heterocycles. The lowest BCUT2D eigenvalue weighted by Gasteiger charge is -2.32. The van der Waals surface area contributed by atoms with Crippen LogP contribution in [0.3, 0.4) is 0 Å². The van der Waals surface area contributed by atoms with Gasteiger partial charge in [-0.05, 0) is 43.9 Å².